The third-order valence-corrected chi connectivity index (χ3v) is 4.46. The Morgan fingerprint density at radius 2 is 2.04 bits per heavy atom. The highest BCUT2D eigenvalue weighted by Crippen LogP contribution is 2.31. The van der Waals surface area contributed by atoms with E-state index in [0.717, 1.165) is 23.6 Å². The van der Waals surface area contributed by atoms with Crippen molar-refractivity contribution in [2.75, 3.05) is 19.5 Å². The second-order valence-corrected chi connectivity index (χ2v) is 6.71. The topological polar surface area (TPSA) is 83.3 Å². The number of nitrogens with zero attached hydrogens (tertiary/aromatic N) is 5. The van der Waals surface area contributed by atoms with Gasteiger partial charge in [-0.1, -0.05) is 12.6 Å². The zero-order valence-electron chi connectivity index (χ0n) is 16.4. The normalized spacial score (nSPS) is 10.9. The Morgan fingerprint density at radius 3 is 2.68 bits per heavy atom. The maximum absolute atomic E-state index is 6.92. The largest absolute Gasteiger partial charge is 0.496 e. The zero-order valence-corrected chi connectivity index (χ0v) is 16.4. The molecule has 0 spiro atoms. The first kappa shape index (κ1) is 19.3. The van der Waals surface area contributed by atoms with Gasteiger partial charge in [0.1, 0.15) is 5.75 Å². The number of rotatable bonds is 7. The van der Waals surface area contributed by atoms with Crippen molar-refractivity contribution in [2.45, 2.75) is 26.4 Å². The minimum atomic E-state index is 0.251. The van der Waals surface area contributed by atoms with Crippen LogP contribution in [0.4, 0.5) is 17.5 Å². The molecule has 3 aromatic rings. The van der Waals surface area contributed by atoms with Gasteiger partial charge >= 0.3 is 0 Å². The molecule has 28 heavy (non-hydrogen) atoms. The minimum Gasteiger partial charge on any atom is -0.496 e. The number of ether oxygens (including phenoxy) is 1. The molecule has 0 radical (unpaired) electrons. The van der Waals surface area contributed by atoms with Gasteiger partial charge in [-0.15, -0.1) is 4.98 Å². The molecule has 0 aliphatic heterocycles. The van der Waals surface area contributed by atoms with E-state index in [-0.39, 0.29) is 5.82 Å². The third-order valence-electron chi connectivity index (χ3n) is 4.46. The van der Waals surface area contributed by atoms with Crippen LogP contribution in [0.1, 0.15) is 19.4 Å². The smallest absolute Gasteiger partial charge is 0.288 e. The van der Waals surface area contributed by atoms with E-state index >= 15 is 0 Å². The molecule has 8 heteroatoms. The Balaban J connectivity index is 1.78. The lowest BCUT2D eigenvalue weighted by molar-refractivity contribution is 0.265. The van der Waals surface area contributed by atoms with E-state index in [2.05, 4.69) is 68.3 Å². The first-order valence-corrected chi connectivity index (χ1v) is 8.89. The Kier molecular flexibility index (Phi) is 5.87. The third kappa shape index (κ3) is 4.45. The molecule has 2 aromatic heterocycles. The van der Waals surface area contributed by atoms with E-state index in [1.165, 1.54) is 18.0 Å². The van der Waals surface area contributed by atoms with Gasteiger partial charge < -0.3 is 14.9 Å². The van der Waals surface area contributed by atoms with Gasteiger partial charge in [0.25, 0.3) is 5.82 Å². The van der Waals surface area contributed by atoms with Crippen molar-refractivity contribution in [2.24, 2.45) is 0 Å². The summed E-state index contributed by atoms with van der Waals surface area (Å²) in [5.74, 6) is 2.15. The van der Waals surface area contributed by atoms with Gasteiger partial charge in [-0.05, 0) is 38.6 Å². The van der Waals surface area contributed by atoms with Crippen LogP contribution in [-0.4, -0.2) is 45.3 Å². The van der Waals surface area contributed by atoms with E-state index in [1.54, 1.807) is 7.11 Å². The fraction of sp³-hybridized carbons (Fsp3) is 0.300. The van der Waals surface area contributed by atoms with Crippen molar-refractivity contribution in [1.29, 1.82) is 0 Å². The summed E-state index contributed by atoms with van der Waals surface area (Å²) in [5.41, 5.74) is 2.94. The monoisotopic (exact) mass is 377 g/mol. The maximum Gasteiger partial charge on any atom is 0.288 e. The molecule has 0 saturated carbocycles. The summed E-state index contributed by atoms with van der Waals surface area (Å²) >= 11 is 0. The predicted octanol–water partition coefficient (Wildman–Crippen LogP) is 4.01. The van der Waals surface area contributed by atoms with Gasteiger partial charge in [0, 0.05) is 24.2 Å². The molecule has 1 aromatic carbocycles. The molecule has 8 nitrogen and oxygen atoms in total. The highest BCUT2D eigenvalue weighted by Gasteiger charge is 2.12. The number of H-pyrrole nitrogens is 1. The molecular formula is C20H23N7O. The SMILES string of the molecule is [C-]#[N+]c1cnc(Nc2cc(-c3ccc(CN(C)C(C)C)cc3OC)[nH]n2)cn1. The molecule has 0 saturated heterocycles. The van der Waals surface area contributed by atoms with E-state index in [4.69, 9.17) is 11.3 Å². The van der Waals surface area contributed by atoms with Crippen molar-refractivity contribution >= 4 is 17.5 Å². The van der Waals surface area contributed by atoms with Crippen molar-refractivity contribution in [3.8, 4) is 17.0 Å². The van der Waals surface area contributed by atoms with Crippen LogP contribution in [0.25, 0.3) is 16.1 Å². The zero-order chi connectivity index (χ0) is 20.1. The molecule has 0 unspecified atom stereocenters. The first-order valence-electron chi connectivity index (χ1n) is 8.89. The lowest BCUT2D eigenvalue weighted by atomic mass is 10.1. The molecule has 0 aliphatic rings. The Labute approximate surface area is 164 Å². The van der Waals surface area contributed by atoms with Crippen molar-refractivity contribution in [3.05, 3.63) is 53.6 Å². The predicted molar refractivity (Wildman–Crippen MR) is 109 cm³/mol. The lowest BCUT2D eigenvalue weighted by Gasteiger charge is -2.21. The summed E-state index contributed by atoms with van der Waals surface area (Å²) in [6, 6.07) is 8.53. The van der Waals surface area contributed by atoms with Gasteiger partial charge in [-0.3, -0.25) is 10.00 Å². The van der Waals surface area contributed by atoms with Crippen LogP contribution < -0.4 is 10.1 Å². The average molecular weight is 377 g/mol. The molecule has 2 N–H and O–H groups in total. The van der Waals surface area contributed by atoms with Crippen LogP contribution in [0.15, 0.2) is 36.7 Å². The second kappa shape index (κ2) is 8.50. The molecular weight excluding hydrogens is 354 g/mol. The minimum absolute atomic E-state index is 0.251. The van der Waals surface area contributed by atoms with Crippen LogP contribution in [0.2, 0.25) is 0 Å². The number of benzene rings is 1. The summed E-state index contributed by atoms with van der Waals surface area (Å²) in [5, 5.41) is 10.4. The number of methoxy groups -OCH3 is 1. The number of nitrogens with one attached hydrogen (secondary N) is 2. The fourth-order valence-corrected chi connectivity index (χ4v) is 2.63. The summed E-state index contributed by atoms with van der Waals surface area (Å²) in [6.45, 7) is 12.1. The van der Waals surface area contributed by atoms with Crippen LogP contribution in [0.5, 0.6) is 5.75 Å². The number of hydrogen-bond donors (Lipinski definition) is 2. The van der Waals surface area contributed by atoms with Crippen LogP contribution in [-0.2, 0) is 6.54 Å². The Bertz CT molecular complexity index is 973. The number of aromatic nitrogens is 4. The van der Waals surface area contributed by atoms with Crippen molar-refractivity contribution < 1.29 is 4.74 Å². The first-order chi connectivity index (χ1) is 13.5. The van der Waals surface area contributed by atoms with E-state index in [1.807, 2.05) is 12.1 Å². The van der Waals surface area contributed by atoms with Crippen LogP contribution in [0.3, 0.4) is 0 Å². The molecule has 0 aliphatic carbocycles. The Morgan fingerprint density at radius 1 is 1.21 bits per heavy atom. The number of anilines is 2. The van der Waals surface area contributed by atoms with Gasteiger partial charge in [0.15, 0.2) is 17.8 Å². The Hall–Kier alpha value is -3.44. The molecule has 0 bridgehead atoms. The quantitative estimate of drug-likeness (QED) is 0.605. The highest BCUT2D eigenvalue weighted by molar-refractivity contribution is 5.71. The molecule has 144 valence electrons. The average Bonchev–Trinajstić information content (AvgIpc) is 3.16. The second-order valence-electron chi connectivity index (χ2n) is 6.71. The molecule has 0 fully saturated rings. The summed E-state index contributed by atoms with van der Waals surface area (Å²) in [6.07, 6.45) is 2.92. The summed E-state index contributed by atoms with van der Waals surface area (Å²) in [4.78, 5) is 13.6. The summed E-state index contributed by atoms with van der Waals surface area (Å²) in [7, 11) is 3.77. The standard InChI is InChI=1S/C20H23N7O/c1-13(2)27(4)12-14-6-7-15(17(8-14)28-5)16-9-18(26-25-16)24-20-11-22-19(21-3)10-23-20/h6-11,13H,12H2,1-2,4-5H3,(H2,23,24,25,26). The van der Waals surface area contributed by atoms with E-state index in [9.17, 15) is 0 Å². The van der Waals surface area contributed by atoms with Gasteiger partial charge in [-0.2, -0.15) is 5.10 Å². The fourth-order valence-electron chi connectivity index (χ4n) is 2.63. The van der Waals surface area contributed by atoms with Crippen molar-refractivity contribution in [3.63, 3.8) is 0 Å². The van der Waals surface area contributed by atoms with E-state index in [0.29, 0.717) is 17.7 Å². The maximum atomic E-state index is 6.92. The van der Waals surface area contributed by atoms with E-state index < -0.39 is 0 Å². The van der Waals surface area contributed by atoms with Crippen LogP contribution in [0, 0.1) is 6.57 Å². The number of hydrogen-bond acceptors (Lipinski definition) is 6. The molecule has 3 rings (SSSR count). The van der Waals surface area contributed by atoms with Gasteiger partial charge in [0.05, 0.1) is 19.0 Å². The van der Waals surface area contributed by atoms with Gasteiger partial charge in [0.2, 0.25) is 0 Å². The summed E-state index contributed by atoms with van der Waals surface area (Å²) < 4.78 is 5.60. The number of aromatic amines is 1. The molecule has 0 amide bonds. The lowest BCUT2D eigenvalue weighted by Crippen LogP contribution is -2.25. The molecule has 0 atom stereocenters. The van der Waals surface area contributed by atoms with Crippen LogP contribution >= 0.6 is 0 Å². The van der Waals surface area contributed by atoms with Crippen molar-refractivity contribution in [1.82, 2.24) is 25.1 Å². The molecule has 2 heterocycles. The van der Waals surface area contributed by atoms with Gasteiger partial charge in [-0.25, -0.2) is 4.98 Å². The highest BCUT2D eigenvalue weighted by atomic mass is 16.5.